The lowest BCUT2D eigenvalue weighted by molar-refractivity contribution is 0.339. The van der Waals surface area contributed by atoms with Crippen molar-refractivity contribution in [2.24, 2.45) is 0 Å². The number of hydrogen-bond acceptors (Lipinski definition) is 1. The predicted molar refractivity (Wildman–Crippen MR) is 129 cm³/mol. The minimum absolute atomic E-state index is 0.0619. The summed E-state index contributed by atoms with van der Waals surface area (Å²) in [5, 5.41) is 0. The Bertz CT molecular complexity index is 949. The molecule has 2 aliphatic heterocycles. The van der Waals surface area contributed by atoms with E-state index in [-0.39, 0.29) is 10.8 Å². The Kier molecular flexibility index (Phi) is 4.86. The first-order chi connectivity index (χ1) is 14.5. The van der Waals surface area contributed by atoms with Crippen molar-refractivity contribution in [2.75, 3.05) is 6.54 Å². The molecule has 0 spiro atoms. The maximum absolute atomic E-state index is 2.81. The van der Waals surface area contributed by atoms with Gasteiger partial charge in [0.25, 0.3) is 6.85 Å². The Balaban J connectivity index is 1.61. The van der Waals surface area contributed by atoms with Crippen LogP contribution < -0.4 is 5.46 Å². The molecule has 30 heavy (non-hydrogen) atoms. The van der Waals surface area contributed by atoms with Gasteiger partial charge in [-0.1, -0.05) is 111 Å². The molecule has 0 radical (unpaired) electrons. The fourth-order valence-electron chi connectivity index (χ4n) is 6.02. The summed E-state index contributed by atoms with van der Waals surface area (Å²) in [6, 6.07) is 32.6. The molecule has 1 atom stereocenters. The molecule has 2 fully saturated rings. The minimum Gasteiger partial charge on any atom is -0.334 e. The van der Waals surface area contributed by atoms with Crippen molar-refractivity contribution in [1.29, 1.82) is 0 Å². The van der Waals surface area contributed by atoms with Crippen molar-refractivity contribution < 1.29 is 0 Å². The van der Waals surface area contributed by atoms with Crippen LogP contribution in [0.15, 0.2) is 84.9 Å². The van der Waals surface area contributed by atoms with Gasteiger partial charge in [0, 0.05) is 11.5 Å². The highest BCUT2D eigenvalue weighted by atomic mass is 15.2. The van der Waals surface area contributed by atoms with Crippen LogP contribution in [0.1, 0.15) is 50.3 Å². The average molecular weight is 393 g/mol. The van der Waals surface area contributed by atoms with Crippen LogP contribution in [0.2, 0.25) is 6.32 Å². The summed E-state index contributed by atoms with van der Waals surface area (Å²) >= 11 is 0. The van der Waals surface area contributed by atoms with Gasteiger partial charge >= 0.3 is 0 Å². The lowest BCUT2D eigenvalue weighted by Crippen LogP contribution is -2.45. The van der Waals surface area contributed by atoms with E-state index >= 15 is 0 Å². The molecule has 2 saturated heterocycles. The lowest BCUT2D eigenvalue weighted by atomic mass is 9.48. The van der Waals surface area contributed by atoms with Crippen LogP contribution in [-0.2, 0) is 10.8 Å². The first kappa shape index (κ1) is 19.6. The zero-order valence-corrected chi connectivity index (χ0v) is 18.5. The van der Waals surface area contributed by atoms with Crippen LogP contribution >= 0.6 is 0 Å². The molecule has 5 rings (SSSR count). The summed E-state index contributed by atoms with van der Waals surface area (Å²) in [6.45, 7) is 8.57. The molecule has 2 aliphatic rings. The second-order valence-corrected chi connectivity index (χ2v) is 10.2. The fourth-order valence-corrected chi connectivity index (χ4v) is 6.02. The van der Waals surface area contributed by atoms with Crippen LogP contribution in [-0.4, -0.2) is 24.2 Å². The molecule has 3 aromatic rings. The lowest BCUT2D eigenvalue weighted by Gasteiger charge is -2.37. The topological polar surface area (TPSA) is 3.24 Å². The maximum Gasteiger partial charge on any atom is 0.259 e. The molecule has 2 heterocycles. The van der Waals surface area contributed by atoms with Crippen molar-refractivity contribution in [3.05, 3.63) is 102 Å². The summed E-state index contributed by atoms with van der Waals surface area (Å²) in [5.41, 5.74) is 6.10. The van der Waals surface area contributed by atoms with Gasteiger partial charge < -0.3 is 4.81 Å². The molecule has 0 N–H and O–H groups in total. The molecular formula is C28H32BN. The third-order valence-corrected chi connectivity index (χ3v) is 7.52. The SMILES string of the molecule is CC(C)(C)c1ccc(B2CC(c3ccccc3)(c3ccccc3)[C@@H]3CCCN23)cc1. The molecule has 0 aromatic heterocycles. The Morgan fingerprint density at radius 1 is 0.800 bits per heavy atom. The first-order valence-electron chi connectivity index (χ1n) is 11.5. The van der Waals surface area contributed by atoms with Crippen molar-refractivity contribution in [3.63, 3.8) is 0 Å². The standard InChI is InChI=1S/C28H32BN/c1-27(2,3)22-16-18-25(19-17-22)29-21-28(23-11-6-4-7-12-23,24-13-8-5-9-14-24)26-15-10-20-30(26)29/h4-9,11-14,16-19,26H,10,15,20-21H2,1-3H3/t26-/m0/s1. The normalized spacial score (nSPS) is 21.0. The molecule has 152 valence electrons. The van der Waals surface area contributed by atoms with E-state index in [0.717, 1.165) is 6.32 Å². The molecule has 3 aromatic carbocycles. The average Bonchev–Trinajstić information content (AvgIpc) is 3.37. The van der Waals surface area contributed by atoms with E-state index in [1.54, 1.807) is 0 Å². The van der Waals surface area contributed by atoms with E-state index in [2.05, 4.69) is 111 Å². The zero-order chi connectivity index (χ0) is 20.8. The third kappa shape index (κ3) is 3.13. The van der Waals surface area contributed by atoms with E-state index in [4.69, 9.17) is 0 Å². The van der Waals surface area contributed by atoms with Gasteiger partial charge in [-0.05, 0) is 47.8 Å². The second-order valence-electron chi connectivity index (χ2n) is 10.2. The van der Waals surface area contributed by atoms with Gasteiger partial charge in [-0.3, -0.25) is 0 Å². The van der Waals surface area contributed by atoms with Crippen LogP contribution in [0, 0.1) is 0 Å². The number of hydrogen-bond donors (Lipinski definition) is 0. The highest BCUT2D eigenvalue weighted by Gasteiger charge is 2.56. The van der Waals surface area contributed by atoms with Gasteiger partial charge in [-0.25, -0.2) is 0 Å². The Morgan fingerprint density at radius 2 is 1.37 bits per heavy atom. The largest absolute Gasteiger partial charge is 0.334 e. The molecule has 0 bridgehead atoms. The molecule has 1 nitrogen and oxygen atoms in total. The summed E-state index contributed by atoms with van der Waals surface area (Å²) in [7, 11) is 0. The Labute approximate surface area is 182 Å². The van der Waals surface area contributed by atoms with Gasteiger partial charge in [0.15, 0.2) is 0 Å². The Hall–Kier alpha value is -2.32. The van der Waals surface area contributed by atoms with Crippen LogP contribution in [0.3, 0.4) is 0 Å². The Morgan fingerprint density at radius 3 is 1.90 bits per heavy atom. The highest BCUT2D eigenvalue weighted by Crippen LogP contribution is 2.51. The number of nitrogens with zero attached hydrogens (tertiary/aromatic N) is 1. The smallest absolute Gasteiger partial charge is 0.259 e. The third-order valence-electron chi connectivity index (χ3n) is 7.52. The fraction of sp³-hybridized carbons (Fsp3) is 0.357. The van der Waals surface area contributed by atoms with Crippen LogP contribution in [0.4, 0.5) is 0 Å². The van der Waals surface area contributed by atoms with E-state index < -0.39 is 0 Å². The van der Waals surface area contributed by atoms with E-state index in [0.29, 0.717) is 12.9 Å². The quantitative estimate of drug-likeness (QED) is 0.520. The molecule has 0 aliphatic carbocycles. The van der Waals surface area contributed by atoms with Crippen LogP contribution in [0.25, 0.3) is 0 Å². The zero-order valence-electron chi connectivity index (χ0n) is 18.5. The molecule has 0 saturated carbocycles. The predicted octanol–water partition coefficient (Wildman–Crippen LogP) is 5.65. The summed E-state index contributed by atoms with van der Waals surface area (Å²) in [6.07, 6.45) is 3.73. The number of rotatable bonds is 3. The molecule has 0 unspecified atom stereocenters. The number of benzene rings is 3. The summed E-state index contributed by atoms with van der Waals surface area (Å²) in [4.78, 5) is 2.81. The molecular weight excluding hydrogens is 361 g/mol. The monoisotopic (exact) mass is 393 g/mol. The molecule has 2 heteroatoms. The van der Waals surface area contributed by atoms with Crippen molar-refractivity contribution in [3.8, 4) is 0 Å². The second kappa shape index (κ2) is 7.43. The van der Waals surface area contributed by atoms with Gasteiger partial charge in [0.05, 0.1) is 0 Å². The maximum atomic E-state index is 2.81. The van der Waals surface area contributed by atoms with Gasteiger partial charge in [0.2, 0.25) is 0 Å². The number of fused-ring (bicyclic) bond motifs is 1. The van der Waals surface area contributed by atoms with Gasteiger partial charge in [0.1, 0.15) is 0 Å². The highest BCUT2D eigenvalue weighted by molar-refractivity contribution is 6.72. The van der Waals surface area contributed by atoms with Crippen LogP contribution in [0.5, 0.6) is 0 Å². The van der Waals surface area contributed by atoms with Crippen molar-refractivity contribution in [1.82, 2.24) is 4.81 Å². The van der Waals surface area contributed by atoms with E-state index in [1.165, 1.54) is 41.5 Å². The van der Waals surface area contributed by atoms with Crippen molar-refractivity contribution >= 4 is 12.3 Å². The summed E-state index contributed by atoms with van der Waals surface area (Å²) in [5.74, 6) is 0. The van der Waals surface area contributed by atoms with E-state index in [9.17, 15) is 0 Å². The van der Waals surface area contributed by atoms with Crippen molar-refractivity contribution in [2.45, 2.75) is 56.8 Å². The first-order valence-corrected chi connectivity index (χ1v) is 11.5. The minimum atomic E-state index is 0.0619. The van der Waals surface area contributed by atoms with Gasteiger partial charge in [-0.2, -0.15) is 0 Å². The summed E-state index contributed by atoms with van der Waals surface area (Å²) < 4.78 is 0. The van der Waals surface area contributed by atoms with E-state index in [1.807, 2.05) is 0 Å². The van der Waals surface area contributed by atoms with Gasteiger partial charge in [-0.15, -0.1) is 0 Å². The molecule has 0 amide bonds.